The summed E-state index contributed by atoms with van der Waals surface area (Å²) in [6, 6.07) is 0. The largest absolute Gasteiger partial charge is 0.507 e. The van der Waals surface area contributed by atoms with Crippen LogP contribution >= 0.6 is 11.3 Å². The van der Waals surface area contributed by atoms with Gasteiger partial charge in [-0.05, 0) is 78.8 Å². The molecule has 0 atom stereocenters. The lowest BCUT2D eigenvalue weighted by atomic mass is 9.38. The summed E-state index contributed by atoms with van der Waals surface area (Å²) in [5, 5.41) is 150. The van der Waals surface area contributed by atoms with Crippen molar-refractivity contribution in [3.05, 3.63) is 50.1 Å². The number of rotatable bonds is 7. The zero-order valence-electron chi connectivity index (χ0n) is 47.2. The number of hydrogen-bond acceptors (Lipinski definition) is 16. The van der Waals surface area contributed by atoms with Crippen LogP contribution in [0, 0.1) is 27.7 Å². The molecular formula is C60H73BN2O13S. The minimum Gasteiger partial charge on any atom is -0.507 e. The van der Waals surface area contributed by atoms with Crippen LogP contribution in [-0.2, 0) is 28.1 Å². The fraction of sp³-hybridized carbons (Fsp3) is 0.433. The zero-order valence-corrected chi connectivity index (χ0v) is 48.0. The van der Waals surface area contributed by atoms with E-state index in [1.165, 1.54) is 23.6 Å². The third-order valence-electron chi connectivity index (χ3n) is 15.9. The van der Waals surface area contributed by atoms with E-state index in [0.717, 1.165) is 30.6 Å². The van der Waals surface area contributed by atoms with E-state index in [9.17, 15) is 61.3 Å². The molecule has 0 saturated heterocycles. The molecule has 0 radical (unpaired) electrons. The monoisotopic (exact) mass is 1070 g/mol. The molecule has 2 aromatic heterocycles. The van der Waals surface area contributed by atoms with E-state index in [1.54, 1.807) is 55.4 Å². The molecule has 5 aromatic carbocycles. The summed E-state index contributed by atoms with van der Waals surface area (Å²) < 4.78 is 7.49. The molecule has 0 unspecified atom stereocenters. The molecule has 0 saturated carbocycles. The van der Waals surface area contributed by atoms with Crippen LogP contribution in [0.4, 0.5) is 34.1 Å². The number of hydrogen-bond donors (Lipinski definition) is 12. The molecule has 0 aliphatic carbocycles. The molecule has 0 bridgehead atoms. The van der Waals surface area contributed by atoms with Gasteiger partial charge in [0.15, 0.2) is 45.8 Å². The summed E-state index contributed by atoms with van der Waals surface area (Å²) in [7, 11) is 0. The average Bonchev–Trinajstić information content (AvgIpc) is 4.18. The Bertz CT molecular complexity index is 3680. The number of unbranched alkanes of at least 4 members (excludes halogenated alkanes) is 3. The molecule has 7 aromatic rings. The molecule has 12 N–H and O–H groups in total. The Morgan fingerprint density at radius 1 is 0.416 bits per heavy atom. The summed E-state index contributed by atoms with van der Waals surface area (Å²) in [6.45, 7) is 29.2. The Morgan fingerprint density at radius 2 is 0.870 bits per heavy atom. The summed E-state index contributed by atoms with van der Waals surface area (Å²) in [5.41, 5.74) is -1.93. The quantitative estimate of drug-likeness (QED) is 0.0306. The van der Waals surface area contributed by atoms with Crippen molar-refractivity contribution in [1.29, 1.82) is 0 Å². The Morgan fingerprint density at radius 3 is 1.38 bits per heavy atom. The van der Waals surface area contributed by atoms with Crippen LogP contribution in [-0.4, -0.2) is 68.0 Å². The third-order valence-corrected chi connectivity index (χ3v) is 17.2. The minimum absolute atomic E-state index is 0.0144. The van der Waals surface area contributed by atoms with Crippen LogP contribution in [0.15, 0.2) is 4.42 Å². The lowest BCUT2D eigenvalue weighted by Gasteiger charge is -2.43. The first kappa shape index (κ1) is 54.6. The van der Waals surface area contributed by atoms with E-state index >= 15 is 0 Å². The van der Waals surface area contributed by atoms with Crippen LogP contribution in [0.3, 0.4) is 0 Å². The van der Waals surface area contributed by atoms with Crippen molar-refractivity contribution < 1.29 is 65.7 Å². The first-order valence-corrected chi connectivity index (χ1v) is 27.1. The SMILES string of the molecule is CCCCCCc1c(O)c(C(C)(C)C)c(O)c(O)c1N1c2c(O)c(C)c(O)c3c2B(c2oc4c(O)c(O)c(C(C)(C)C)c(C)c4c2N3c2c(C)c(O)c(C(C)(C)C)c(O)c2O)c2sc3c(O)c(O)c(C(C)(C)C)c(C)c3c21. The number of anilines is 6. The predicted molar refractivity (Wildman–Crippen MR) is 307 cm³/mol. The standard InChI is InChI=1S/C60H73BN2O13S/c1-18-19-20-21-22-27-36(50(73)48(71)33(44(27)67)60(15,16)17)63-38-29-24(3)31(58(9,10)11)46(69)52(75)54(29)77-56(38)61-34-39(42(65)26(5)43(66)40(34)63)62(35-25(4)41(64)32(59(12,13)14)47(70)49(35)72)37-28-23(2)30(57(6,7)8)45(68)51(74)53(28)76-55(37)61/h64-75H,18-22H2,1-17H3. The van der Waals surface area contributed by atoms with Crippen LogP contribution in [0.1, 0.15) is 166 Å². The van der Waals surface area contributed by atoms with Gasteiger partial charge in [-0.15, -0.1) is 11.3 Å². The van der Waals surface area contributed by atoms with Crippen molar-refractivity contribution in [3.63, 3.8) is 0 Å². The van der Waals surface area contributed by atoms with E-state index in [0.29, 0.717) is 38.8 Å². The van der Waals surface area contributed by atoms with Crippen LogP contribution in [0.5, 0.6) is 69.0 Å². The van der Waals surface area contributed by atoms with Gasteiger partial charge in [0.25, 0.3) is 0 Å². The van der Waals surface area contributed by atoms with Crippen molar-refractivity contribution in [2.45, 2.75) is 171 Å². The van der Waals surface area contributed by atoms with Crippen molar-refractivity contribution >= 4 is 89.1 Å². The molecule has 17 heteroatoms. The summed E-state index contributed by atoms with van der Waals surface area (Å²) >= 11 is 1.04. The Labute approximate surface area is 453 Å². The topological polar surface area (TPSA) is 262 Å². The van der Waals surface area contributed by atoms with Gasteiger partial charge in [-0.3, -0.25) is 0 Å². The smallest absolute Gasteiger partial charge is 0.309 e. The number of phenols is 12. The summed E-state index contributed by atoms with van der Waals surface area (Å²) in [6.07, 6.45) is 3.16. The highest BCUT2D eigenvalue weighted by molar-refractivity contribution is 7.34. The van der Waals surface area contributed by atoms with Gasteiger partial charge in [-0.25, -0.2) is 0 Å². The van der Waals surface area contributed by atoms with Crippen molar-refractivity contribution in [3.8, 4) is 69.0 Å². The number of phenolic OH excluding ortho intramolecular Hbond substituents is 12. The van der Waals surface area contributed by atoms with Gasteiger partial charge >= 0.3 is 6.71 Å². The lowest BCUT2D eigenvalue weighted by molar-refractivity contribution is 0.371. The van der Waals surface area contributed by atoms with E-state index in [2.05, 4.69) is 6.92 Å². The molecule has 0 amide bonds. The van der Waals surface area contributed by atoms with Crippen LogP contribution in [0.25, 0.3) is 21.1 Å². The molecule has 2 aliphatic heterocycles. The number of thiophene rings is 1. The first-order valence-electron chi connectivity index (χ1n) is 26.3. The van der Waals surface area contributed by atoms with Gasteiger partial charge in [-0.2, -0.15) is 0 Å². The maximum Gasteiger partial charge on any atom is 0.309 e. The van der Waals surface area contributed by atoms with E-state index in [4.69, 9.17) is 4.42 Å². The van der Waals surface area contributed by atoms with Gasteiger partial charge in [0.2, 0.25) is 5.75 Å². The summed E-state index contributed by atoms with van der Waals surface area (Å²) in [4.78, 5) is 2.94. The van der Waals surface area contributed by atoms with Gasteiger partial charge in [0.1, 0.15) is 28.7 Å². The minimum atomic E-state index is -1.26. The second-order valence-corrected chi connectivity index (χ2v) is 26.5. The number of fused-ring (bicyclic) bond motifs is 8. The Balaban J connectivity index is 1.61. The van der Waals surface area contributed by atoms with E-state index in [1.807, 2.05) is 41.5 Å². The molecule has 77 heavy (non-hydrogen) atoms. The molecule has 2 aliphatic rings. The third kappa shape index (κ3) is 7.48. The molecule has 0 spiro atoms. The maximum atomic E-state index is 13.1. The van der Waals surface area contributed by atoms with E-state index in [-0.39, 0.29) is 112 Å². The van der Waals surface area contributed by atoms with Crippen molar-refractivity contribution in [2.24, 2.45) is 0 Å². The second kappa shape index (κ2) is 17.4. The molecule has 4 heterocycles. The van der Waals surface area contributed by atoms with Gasteiger partial charge in [0, 0.05) is 49.1 Å². The maximum absolute atomic E-state index is 13.1. The van der Waals surface area contributed by atoms with Gasteiger partial charge < -0.3 is 75.5 Å². The highest BCUT2D eigenvalue weighted by Crippen LogP contribution is 2.65. The second-order valence-electron chi connectivity index (χ2n) is 25.4. The first-order chi connectivity index (χ1) is 35.5. The molecule has 410 valence electrons. The van der Waals surface area contributed by atoms with Gasteiger partial charge in [0.05, 0.1) is 44.2 Å². The average molecular weight is 1070 g/mol. The molecule has 9 rings (SSSR count). The number of furan rings is 1. The normalized spacial score (nSPS) is 13.8. The number of benzene rings is 5. The molecule has 15 nitrogen and oxygen atoms in total. The fourth-order valence-corrected chi connectivity index (χ4v) is 14.1. The summed E-state index contributed by atoms with van der Waals surface area (Å²) in [5.74, 6) is -6.33. The van der Waals surface area contributed by atoms with Crippen molar-refractivity contribution in [1.82, 2.24) is 0 Å². The number of aryl methyl sites for hydroxylation is 2. The molecule has 0 fully saturated rings. The van der Waals surface area contributed by atoms with Crippen molar-refractivity contribution in [2.75, 3.05) is 9.80 Å². The van der Waals surface area contributed by atoms with Crippen LogP contribution < -0.4 is 25.7 Å². The number of aromatic hydroxyl groups is 12. The highest BCUT2D eigenvalue weighted by Gasteiger charge is 2.54. The van der Waals surface area contributed by atoms with Gasteiger partial charge in [-0.1, -0.05) is 109 Å². The number of nitrogens with zero attached hydrogens (tertiary/aromatic N) is 2. The Kier molecular flexibility index (Phi) is 12.4. The van der Waals surface area contributed by atoms with E-state index < -0.39 is 80.1 Å². The predicted octanol–water partition coefficient (Wildman–Crippen LogP) is 12.7. The fourth-order valence-electron chi connectivity index (χ4n) is 12.7. The lowest BCUT2D eigenvalue weighted by Crippen LogP contribution is -2.60. The zero-order chi connectivity index (χ0) is 57.3. The Hall–Kier alpha value is -7.14. The highest BCUT2D eigenvalue weighted by atomic mass is 32.1. The van der Waals surface area contributed by atoms with Crippen LogP contribution in [0.2, 0.25) is 0 Å². The molecular weight excluding hydrogens is 1000 g/mol.